The van der Waals surface area contributed by atoms with Crippen LogP contribution in [0.5, 0.6) is 0 Å². The Labute approximate surface area is 222 Å². The van der Waals surface area contributed by atoms with Gasteiger partial charge < -0.3 is 20.9 Å². The highest BCUT2D eigenvalue weighted by Crippen LogP contribution is 2.65. The number of alkyl halides is 2. The van der Waals surface area contributed by atoms with Crippen molar-refractivity contribution in [3.8, 4) is 0 Å². The molecule has 2 bridgehead atoms. The summed E-state index contributed by atoms with van der Waals surface area (Å²) < 4.78 is 42.0. The smallest absolute Gasteiger partial charge is 0.251 e. The van der Waals surface area contributed by atoms with Crippen LogP contribution in [-0.4, -0.2) is 47.5 Å². The van der Waals surface area contributed by atoms with Gasteiger partial charge in [-0.2, -0.15) is 4.98 Å². The number of aromatic nitrogens is 2. The SMILES string of the molecule is CNC(=O)[C@H]1C[C@H]2C[C@H](C2(C)C)[C@@]1(C)Nc1nc(Nc2ccc(N3CCC(F)(F)CC3)c(F)c2)ncc1C. The summed E-state index contributed by atoms with van der Waals surface area (Å²) in [6.45, 7) is 8.81. The van der Waals surface area contributed by atoms with Crippen molar-refractivity contribution in [2.24, 2.45) is 23.2 Å². The van der Waals surface area contributed by atoms with Gasteiger partial charge in [0.2, 0.25) is 11.9 Å². The third-order valence-electron chi connectivity index (χ3n) is 9.40. The molecule has 1 saturated heterocycles. The Kier molecular flexibility index (Phi) is 6.51. The van der Waals surface area contributed by atoms with Gasteiger partial charge in [0.25, 0.3) is 5.92 Å². The first-order chi connectivity index (χ1) is 17.8. The summed E-state index contributed by atoms with van der Waals surface area (Å²) in [5.41, 5.74) is 1.24. The number of piperidine rings is 1. The van der Waals surface area contributed by atoms with Gasteiger partial charge in [-0.1, -0.05) is 13.8 Å². The predicted molar refractivity (Wildman–Crippen MR) is 142 cm³/mol. The fraction of sp³-hybridized carbons (Fsp3) is 0.607. The minimum absolute atomic E-state index is 0.0308. The Balaban J connectivity index is 1.35. The van der Waals surface area contributed by atoms with Gasteiger partial charge in [0.1, 0.15) is 11.6 Å². The lowest BCUT2D eigenvalue weighted by Gasteiger charge is -2.66. The minimum Gasteiger partial charge on any atom is -0.369 e. The fourth-order valence-corrected chi connectivity index (χ4v) is 6.86. The molecule has 1 aromatic carbocycles. The molecule has 206 valence electrons. The number of benzene rings is 1. The third-order valence-corrected chi connectivity index (χ3v) is 9.40. The standard InChI is InChI=1S/C28H37F3N6O/c1-16-15-33-25(34-18-6-7-21(20(29)14-18)37-10-8-28(30,31)9-11-37)35-23(16)36-27(4)19(24(38)32-5)12-17-13-22(27)26(17,2)3/h6-7,14-15,17,19,22H,8-13H2,1-5H3,(H,32,38)(H2,33,34,35,36)/t17-,19+,22+,27-/m0/s1. The molecular formula is C28H37F3N6O. The molecule has 0 radical (unpaired) electrons. The van der Waals surface area contributed by atoms with Gasteiger partial charge in [0, 0.05) is 50.4 Å². The van der Waals surface area contributed by atoms with E-state index in [4.69, 9.17) is 4.98 Å². The van der Waals surface area contributed by atoms with Crippen LogP contribution in [0.3, 0.4) is 0 Å². The van der Waals surface area contributed by atoms with E-state index in [1.165, 1.54) is 6.07 Å². The van der Waals surface area contributed by atoms with Crippen molar-refractivity contribution in [3.05, 3.63) is 35.8 Å². The number of nitrogens with one attached hydrogen (secondary N) is 3. The van der Waals surface area contributed by atoms with Crippen molar-refractivity contribution in [2.75, 3.05) is 35.7 Å². The molecule has 0 spiro atoms. The number of hydrogen-bond donors (Lipinski definition) is 3. The van der Waals surface area contributed by atoms with Gasteiger partial charge in [-0.05, 0) is 62.1 Å². The number of rotatable bonds is 6. The first-order valence-electron chi connectivity index (χ1n) is 13.4. The molecule has 10 heteroatoms. The molecule has 6 rings (SSSR count). The van der Waals surface area contributed by atoms with Crippen LogP contribution >= 0.6 is 0 Å². The van der Waals surface area contributed by atoms with Gasteiger partial charge in [-0.15, -0.1) is 0 Å². The molecule has 3 aliphatic carbocycles. The van der Waals surface area contributed by atoms with Gasteiger partial charge in [-0.25, -0.2) is 18.2 Å². The van der Waals surface area contributed by atoms with Crippen molar-refractivity contribution >= 4 is 29.0 Å². The van der Waals surface area contributed by atoms with Crippen LogP contribution in [0.2, 0.25) is 0 Å². The van der Waals surface area contributed by atoms with E-state index in [9.17, 15) is 18.0 Å². The van der Waals surface area contributed by atoms with Crippen LogP contribution in [0, 0.1) is 35.9 Å². The van der Waals surface area contributed by atoms with Crippen molar-refractivity contribution in [1.29, 1.82) is 0 Å². The summed E-state index contributed by atoms with van der Waals surface area (Å²) >= 11 is 0. The first kappa shape index (κ1) is 26.6. The summed E-state index contributed by atoms with van der Waals surface area (Å²) in [7, 11) is 1.68. The predicted octanol–water partition coefficient (Wildman–Crippen LogP) is 5.50. The second-order valence-electron chi connectivity index (χ2n) is 12.0. The quantitative estimate of drug-likeness (QED) is 0.458. The molecule has 0 unspecified atom stereocenters. The fourth-order valence-electron chi connectivity index (χ4n) is 6.86. The topological polar surface area (TPSA) is 82.2 Å². The Morgan fingerprint density at radius 3 is 2.47 bits per heavy atom. The average Bonchev–Trinajstić information content (AvgIpc) is 2.85. The first-order valence-corrected chi connectivity index (χ1v) is 13.4. The van der Waals surface area contributed by atoms with E-state index < -0.39 is 17.3 Å². The Morgan fingerprint density at radius 2 is 1.84 bits per heavy atom. The lowest BCUT2D eigenvalue weighted by molar-refractivity contribution is -0.155. The Morgan fingerprint density at radius 1 is 1.13 bits per heavy atom. The lowest BCUT2D eigenvalue weighted by atomic mass is 9.40. The molecule has 4 atom stereocenters. The van der Waals surface area contributed by atoms with E-state index in [2.05, 4.69) is 41.7 Å². The average molecular weight is 531 g/mol. The zero-order valence-corrected chi connectivity index (χ0v) is 22.7. The molecule has 38 heavy (non-hydrogen) atoms. The molecule has 4 fully saturated rings. The van der Waals surface area contributed by atoms with Gasteiger partial charge in [0.05, 0.1) is 17.1 Å². The van der Waals surface area contributed by atoms with Crippen molar-refractivity contribution in [2.45, 2.75) is 64.8 Å². The number of fused-ring (bicyclic) bond motifs is 2. The molecule has 1 amide bonds. The summed E-state index contributed by atoms with van der Waals surface area (Å²) in [6.07, 6.45) is 3.03. The molecule has 3 N–H and O–H groups in total. The van der Waals surface area contributed by atoms with Crippen LogP contribution in [-0.2, 0) is 4.79 Å². The number of aryl methyl sites for hydroxylation is 1. The number of hydrogen-bond acceptors (Lipinski definition) is 6. The van der Waals surface area contributed by atoms with Crippen LogP contribution in [0.15, 0.2) is 24.4 Å². The number of amides is 1. The number of nitrogens with zero attached hydrogens (tertiary/aromatic N) is 3. The molecule has 1 aromatic heterocycles. The second-order valence-corrected chi connectivity index (χ2v) is 12.0. The van der Waals surface area contributed by atoms with Crippen molar-refractivity contribution < 1.29 is 18.0 Å². The maximum Gasteiger partial charge on any atom is 0.251 e. The summed E-state index contributed by atoms with van der Waals surface area (Å²) in [4.78, 5) is 23.6. The number of carbonyl (C=O) groups excluding carboxylic acids is 1. The summed E-state index contributed by atoms with van der Waals surface area (Å²) in [5.74, 6) is -1.58. The third kappa shape index (κ3) is 4.56. The molecule has 3 saturated carbocycles. The largest absolute Gasteiger partial charge is 0.369 e. The normalized spacial score (nSPS) is 29.3. The monoisotopic (exact) mass is 530 g/mol. The van der Waals surface area contributed by atoms with E-state index in [1.54, 1.807) is 30.3 Å². The highest BCUT2D eigenvalue weighted by molar-refractivity contribution is 5.81. The van der Waals surface area contributed by atoms with Crippen molar-refractivity contribution in [3.63, 3.8) is 0 Å². The number of anilines is 4. The van der Waals surface area contributed by atoms with Crippen LogP contribution in [0.1, 0.15) is 52.0 Å². The highest BCUT2D eigenvalue weighted by atomic mass is 19.3. The maximum absolute atomic E-state index is 14.9. The van der Waals surface area contributed by atoms with Crippen LogP contribution in [0.25, 0.3) is 0 Å². The number of carbonyl (C=O) groups is 1. The van der Waals surface area contributed by atoms with Crippen LogP contribution < -0.4 is 20.9 Å². The van der Waals surface area contributed by atoms with E-state index in [0.29, 0.717) is 35.0 Å². The van der Waals surface area contributed by atoms with E-state index in [0.717, 1.165) is 18.4 Å². The maximum atomic E-state index is 14.9. The van der Waals surface area contributed by atoms with Gasteiger partial charge in [-0.3, -0.25) is 4.79 Å². The second kappa shape index (κ2) is 9.31. The number of halogens is 3. The molecule has 1 aliphatic heterocycles. The molecule has 2 heterocycles. The minimum atomic E-state index is -2.69. The van der Waals surface area contributed by atoms with Crippen LogP contribution in [0.4, 0.5) is 36.3 Å². The summed E-state index contributed by atoms with van der Waals surface area (Å²) in [5, 5.41) is 9.54. The van der Waals surface area contributed by atoms with E-state index in [1.807, 2.05) is 6.92 Å². The van der Waals surface area contributed by atoms with E-state index >= 15 is 0 Å². The molecule has 4 aliphatic rings. The summed E-state index contributed by atoms with van der Waals surface area (Å²) in [6, 6.07) is 4.63. The Bertz CT molecular complexity index is 1230. The van der Waals surface area contributed by atoms with Gasteiger partial charge >= 0.3 is 0 Å². The molecule has 2 aromatic rings. The van der Waals surface area contributed by atoms with Crippen molar-refractivity contribution in [1.82, 2.24) is 15.3 Å². The highest BCUT2D eigenvalue weighted by Gasteiger charge is 2.64. The Hall–Kier alpha value is -3.04. The molecular weight excluding hydrogens is 493 g/mol. The lowest BCUT2D eigenvalue weighted by Crippen LogP contribution is -2.69. The zero-order chi connectivity index (χ0) is 27.5. The zero-order valence-electron chi connectivity index (χ0n) is 22.7. The van der Waals surface area contributed by atoms with Gasteiger partial charge in [0.15, 0.2) is 0 Å². The molecule has 7 nitrogen and oxygen atoms in total. The van der Waals surface area contributed by atoms with E-state index in [-0.39, 0.29) is 43.2 Å².